The van der Waals surface area contributed by atoms with Crippen molar-refractivity contribution in [2.75, 3.05) is 11.4 Å². The van der Waals surface area contributed by atoms with Gasteiger partial charge in [0.2, 0.25) is 5.91 Å². The second-order valence-electron chi connectivity index (χ2n) is 6.64. The SMILES string of the molecule is CCc1c(Br)cnc2nc(N3CCC[C@@H]3C(=O)NCc3ccccc3)sc12. The molecule has 3 aromatic rings. The molecular formula is C20H21BrN4OS. The lowest BCUT2D eigenvalue weighted by atomic mass is 10.2. The second-order valence-corrected chi connectivity index (χ2v) is 8.47. The predicted molar refractivity (Wildman–Crippen MR) is 113 cm³/mol. The molecule has 2 aromatic heterocycles. The maximum atomic E-state index is 12.8. The van der Waals surface area contributed by atoms with Crippen molar-refractivity contribution in [3.8, 4) is 0 Å². The van der Waals surface area contributed by atoms with Crippen molar-refractivity contribution in [1.82, 2.24) is 15.3 Å². The van der Waals surface area contributed by atoms with Gasteiger partial charge in [0.1, 0.15) is 6.04 Å². The molecule has 5 nitrogen and oxygen atoms in total. The zero-order valence-electron chi connectivity index (χ0n) is 15.1. The summed E-state index contributed by atoms with van der Waals surface area (Å²) in [6.45, 7) is 3.54. The molecule has 1 aliphatic heterocycles. The van der Waals surface area contributed by atoms with Gasteiger partial charge in [0.05, 0.1) is 4.70 Å². The first-order valence-electron chi connectivity index (χ1n) is 9.19. The molecule has 1 saturated heterocycles. The van der Waals surface area contributed by atoms with E-state index >= 15 is 0 Å². The van der Waals surface area contributed by atoms with Gasteiger partial charge in [-0.2, -0.15) is 4.98 Å². The summed E-state index contributed by atoms with van der Waals surface area (Å²) in [6.07, 6.45) is 4.59. The molecule has 7 heteroatoms. The van der Waals surface area contributed by atoms with Crippen LogP contribution in [0.4, 0.5) is 5.13 Å². The minimum Gasteiger partial charge on any atom is -0.350 e. The first kappa shape index (κ1) is 18.4. The number of thiazole rings is 1. The lowest BCUT2D eigenvalue weighted by Crippen LogP contribution is -2.43. The molecule has 1 atom stereocenters. The van der Waals surface area contributed by atoms with Crippen LogP contribution in [0.5, 0.6) is 0 Å². The molecule has 140 valence electrons. The zero-order valence-corrected chi connectivity index (χ0v) is 17.5. The van der Waals surface area contributed by atoms with E-state index in [4.69, 9.17) is 4.98 Å². The van der Waals surface area contributed by atoms with E-state index < -0.39 is 0 Å². The number of halogens is 1. The van der Waals surface area contributed by atoms with Crippen LogP contribution >= 0.6 is 27.3 Å². The predicted octanol–water partition coefficient (Wildman–Crippen LogP) is 4.30. The van der Waals surface area contributed by atoms with Crippen LogP contribution in [-0.4, -0.2) is 28.5 Å². The van der Waals surface area contributed by atoms with Gasteiger partial charge in [0.25, 0.3) is 0 Å². The first-order chi connectivity index (χ1) is 13.2. The van der Waals surface area contributed by atoms with Crippen molar-refractivity contribution in [3.05, 3.63) is 52.1 Å². The van der Waals surface area contributed by atoms with E-state index in [2.05, 4.69) is 38.1 Å². The number of nitrogens with zero attached hydrogens (tertiary/aromatic N) is 3. The standard InChI is InChI=1S/C20H21BrN4OS/c1-2-14-15(21)12-22-18-17(14)27-20(24-18)25-10-6-9-16(25)19(26)23-11-13-7-4-3-5-8-13/h3-5,7-8,12,16H,2,6,9-11H2,1H3,(H,23,26)/t16-/m1/s1. The number of amides is 1. The van der Waals surface area contributed by atoms with Gasteiger partial charge in [-0.05, 0) is 46.3 Å². The second kappa shape index (κ2) is 7.94. The Balaban J connectivity index is 1.54. The fourth-order valence-corrected chi connectivity index (χ4v) is 5.44. The van der Waals surface area contributed by atoms with Crippen LogP contribution in [0.25, 0.3) is 10.3 Å². The molecule has 1 aromatic carbocycles. The lowest BCUT2D eigenvalue weighted by molar-refractivity contribution is -0.122. The van der Waals surface area contributed by atoms with Crippen LogP contribution in [0.1, 0.15) is 30.9 Å². The summed E-state index contributed by atoms with van der Waals surface area (Å²) in [4.78, 5) is 24.1. The van der Waals surface area contributed by atoms with Crippen LogP contribution in [0.3, 0.4) is 0 Å². The molecule has 1 fully saturated rings. The number of anilines is 1. The molecular weight excluding hydrogens is 424 g/mol. The van der Waals surface area contributed by atoms with Crippen molar-refractivity contribution >= 4 is 48.7 Å². The van der Waals surface area contributed by atoms with Gasteiger partial charge < -0.3 is 10.2 Å². The minimum atomic E-state index is -0.164. The quantitative estimate of drug-likeness (QED) is 0.636. The van der Waals surface area contributed by atoms with E-state index in [-0.39, 0.29) is 11.9 Å². The van der Waals surface area contributed by atoms with Gasteiger partial charge in [0.15, 0.2) is 10.8 Å². The van der Waals surface area contributed by atoms with E-state index in [1.165, 1.54) is 5.56 Å². The summed E-state index contributed by atoms with van der Waals surface area (Å²) in [5, 5.41) is 3.97. The normalized spacial score (nSPS) is 16.8. The smallest absolute Gasteiger partial charge is 0.243 e. The van der Waals surface area contributed by atoms with Gasteiger partial charge in [0, 0.05) is 23.8 Å². The van der Waals surface area contributed by atoms with Crippen LogP contribution < -0.4 is 10.2 Å². The molecule has 27 heavy (non-hydrogen) atoms. The Bertz CT molecular complexity index is 959. The number of aromatic nitrogens is 2. The molecule has 1 amide bonds. The number of carbonyl (C=O) groups is 1. The van der Waals surface area contributed by atoms with Crippen LogP contribution in [-0.2, 0) is 17.8 Å². The fraction of sp³-hybridized carbons (Fsp3) is 0.350. The molecule has 1 N–H and O–H groups in total. The lowest BCUT2D eigenvalue weighted by Gasteiger charge is -2.23. The van der Waals surface area contributed by atoms with Gasteiger partial charge >= 0.3 is 0 Å². The van der Waals surface area contributed by atoms with Crippen molar-refractivity contribution in [3.63, 3.8) is 0 Å². The minimum absolute atomic E-state index is 0.0699. The Hall–Kier alpha value is -1.99. The summed E-state index contributed by atoms with van der Waals surface area (Å²) in [5.74, 6) is 0.0699. The van der Waals surface area contributed by atoms with Crippen molar-refractivity contribution < 1.29 is 4.79 Å². The molecule has 0 saturated carbocycles. The molecule has 0 aliphatic carbocycles. The first-order valence-corrected chi connectivity index (χ1v) is 10.8. The van der Waals surface area contributed by atoms with Crippen molar-refractivity contribution in [1.29, 1.82) is 0 Å². The van der Waals surface area contributed by atoms with E-state index in [0.717, 1.165) is 51.3 Å². The Labute approximate surface area is 171 Å². The number of hydrogen-bond donors (Lipinski definition) is 1. The highest BCUT2D eigenvalue weighted by Crippen LogP contribution is 2.36. The van der Waals surface area contributed by atoms with Gasteiger partial charge in [-0.15, -0.1) is 0 Å². The average molecular weight is 445 g/mol. The Kier molecular flexibility index (Phi) is 5.41. The molecule has 4 rings (SSSR count). The van der Waals surface area contributed by atoms with Gasteiger partial charge in [-0.3, -0.25) is 4.79 Å². The highest BCUT2D eigenvalue weighted by atomic mass is 79.9. The number of hydrogen-bond acceptors (Lipinski definition) is 5. The number of nitrogens with one attached hydrogen (secondary N) is 1. The summed E-state index contributed by atoms with van der Waals surface area (Å²) >= 11 is 5.22. The number of benzene rings is 1. The number of pyridine rings is 1. The summed E-state index contributed by atoms with van der Waals surface area (Å²) in [7, 11) is 0. The highest BCUT2D eigenvalue weighted by Gasteiger charge is 2.33. The number of aryl methyl sites for hydroxylation is 1. The molecule has 0 bridgehead atoms. The Morgan fingerprint density at radius 2 is 2.19 bits per heavy atom. The largest absolute Gasteiger partial charge is 0.350 e. The maximum absolute atomic E-state index is 12.8. The summed E-state index contributed by atoms with van der Waals surface area (Å²) in [5.41, 5.74) is 3.11. The molecule has 1 aliphatic rings. The third-order valence-corrected chi connectivity index (χ3v) is 6.75. The Morgan fingerprint density at radius 3 is 2.96 bits per heavy atom. The topological polar surface area (TPSA) is 58.1 Å². The highest BCUT2D eigenvalue weighted by molar-refractivity contribution is 9.10. The molecule has 0 radical (unpaired) electrons. The van der Waals surface area contributed by atoms with Crippen molar-refractivity contribution in [2.24, 2.45) is 0 Å². The van der Waals surface area contributed by atoms with E-state index in [1.54, 1.807) is 11.3 Å². The average Bonchev–Trinajstić information content (AvgIpc) is 3.33. The summed E-state index contributed by atoms with van der Waals surface area (Å²) < 4.78 is 2.13. The fourth-order valence-electron chi connectivity index (χ4n) is 3.51. The summed E-state index contributed by atoms with van der Waals surface area (Å²) in [6, 6.07) is 9.84. The van der Waals surface area contributed by atoms with Gasteiger partial charge in [-0.25, -0.2) is 4.98 Å². The number of carbonyl (C=O) groups excluding carboxylic acids is 1. The van der Waals surface area contributed by atoms with E-state index in [1.807, 2.05) is 36.5 Å². The van der Waals surface area contributed by atoms with Crippen LogP contribution in [0.2, 0.25) is 0 Å². The number of fused-ring (bicyclic) bond motifs is 1. The zero-order chi connectivity index (χ0) is 18.8. The molecule has 3 heterocycles. The molecule has 0 unspecified atom stereocenters. The molecule has 0 spiro atoms. The maximum Gasteiger partial charge on any atom is 0.243 e. The van der Waals surface area contributed by atoms with Gasteiger partial charge in [-0.1, -0.05) is 48.6 Å². The monoisotopic (exact) mass is 444 g/mol. The van der Waals surface area contributed by atoms with Crippen LogP contribution in [0, 0.1) is 0 Å². The van der Waals surface area contributed by atoms with E-state index in [0.29, 0.717) is 6.54 Å². The third kappa shape index (κ3) is 3.71. The van der Waals surface area contributed by atoms with Crippen LogP contribution in [0.15, 0.2) is 41.0 Å². The number of rotatable bonds is 5. The van der Waals surface area contributed by atoms with E-state index in [9.17, 15) is 4.79 Å². The van der Waals surface area contributed by atoms with Crippen molar-refractivity contribution in [2.45, 2.75) is 38.8 Å². The third-order valence-electron chi connectivity index (χ3n) is 4.92. The Morgan fingerprint density at radius 1 is 1.37 bits per heavy atom.